The second-order valence-electron chi connectivity index (χ2n) is 6.45. The molecule has 1 amide bonds. The number of aromatic nitrogens is 2. The predicted octanol–water partition coefficient (Wildman–Crippen LogP) is 2.46. The molecule has 146 valence electrons. The Labute approximate surface area is 163 Å². The van der Waals surface area contributed by atoms with Gasteiger partial charge in [-0.2, -0.15) is 0 Å². The van der Waals surface area contributed by atoms with Gasteiger partial charge in [0.05, 0.1) is 31.4 Å². The Balaban J connectivity index is 1.74. The quantitative estimate of drug-likeness (QED) is 0.629. The summed E-state index contributed by atoms with van der Waals surface area (Å²) in [6, 6.07) is 13.1. The molecular weight excluding hydrogens is 358 g/mol. The third-order valence-corrected chi connectivity index (χ3v) is 4.58. The lowest BCUT2D eigenvalue weighted by Crippen LogP contribution is -2.29. The first-order valence-corrected chi connectivity index (χ1v) is 8.92. The van der Waals surface area contributed by atoms with E-state index >= 15 is 0 Å². The molecule has 0 aliphatic rings. The molecule has 7 heteroatoms. The van der Waals surface area contributed by atoms with Crippen LogP contribution in [0.4, 0.5) is 0 Å². The first kappa shape index (κ1) is 19.4. The molecule has 0 aliphatic carbocycles. The van der Waals surface area contributed by atoms with Gasteiger partial charge in [-0.05, 0) is 11.6 Å². The fourth-order valence-electron chi connectivity index (χ4n) is 3.00. The summed E-state index contributed by atoms with van der Waals surface area (Å²) < 4.78 is 12.0. The zero-order valence-corrected chi connectivity index (χ0v) is 16.2. The van der Waals surface area contributed by atoms with E-state index in [1.807, 2.05) is 30.3 Å². The number of nitrogens with zero attached hydrogens (tertiary/aromatic N) is 3. The predicted molar refractivity (Wildman–Crippen MR) is 107 cm³/mol. The molecule has 0 fully saturated rings. The first-order valence-electron chi connectivity index (χ1n) is 8.92. The number of carbonyl (C=O) groups is 1. The highest BCUT2D eigenvalue weighted by atomic mass is 16.5. The smallest absolute Gasteiger partial charge is 0.261 e. The lowest BCUT2D eigenvalue weighted by molar-refractivity contribution is -0.130. The molecule has 0 unspecified atom stereocenters. The Morgan fingerprint density at radius 3 is 2.46 bits per heavy atom. The summed E-state index contributed by atoms with van der Waals surface area (Å²) in [7, 11) is 4.80. The largest absolute Gasteiger partial charge is 0.493 e. The third kappa shape index (κ3) is 4.14. The van der Waals surface area contributed by atoms with Gasteiger partial charge in [-0.3, -0.25) is 14.2 Å². The van der Waals surface area contributed by atoms with Crippen LogP contribution >= 0.6 is 0 Å². The Kier molecular flexibility index (Phi) is 5.93. The van der Waals surface area contributed by atoms with E-state index in [0.717, 1.165) is 5.56 Å². The Morgan fingerprint density at radius 1 is 1.11 bits per heavy atom. The van der Waals surface area contributed by atoms with Gasteiger partial charge in [0, 0.05) is 32.6 Å². The van der Waals surface area contributed by atoms with Crippen LogP contribution in [0, 0.1) is 0 Å². The van der Waals surface area contributed by atoms with E-state index in [1.165, 1.54) is 25.1 Å². The number of carbonyl (C=O) groups excluding carboxylic acids is 1. The van der Waals surface area contributed by atoms with E-state index in [4.69, 9.17) is 9.47 Å². The van der Waals surface area contributed by atoms with Crippen LogP contribution in [0.1, 0.15) is 12.0 Å². The van der Waals surface area contributed by atoms with Crippen molar-refractivity contribution in [2.45, 2.75) is 19.5 Å². The first-order chi connectivity index (χ1) is 13.5. The van der Waals surface area contributed by atoms with Gasteiger partial charge < -0.3 is 14.4 Å². The van der Waals surface area contributed by atoms with Gasteiger partial charge in [0.2, 0.25) is 5.91 Å². The third-order valence-electron chi connectivity index (χ3n) is 4.58. The minimum Gasteiger partial charge on any atom is -0.493 e. The van der Waals surface area contributed by atoms with Gasteiger partial charge >= 0.3 is 0 Å². The number of amides is 1. The molecule has 1 heterocycles. The maximum Gasteiger partial charge on any atom is 0.261 e. The standard InChI is InChI=1S/C21H23N3O4/c1-23(13-15-7-5-4-6-8-15)20(25)9-10-24-14-22-17-12-19(28-3)18(27-2)11-16(17)21(24)26/h4-8,11-12,14H,9-10,13H2,1-3H3. The Bertz CT molecular complexity index is 1030. The number of benzene rings is 2. The number of hydrogen-bond donors (Lipinski definition) is 0. The molecule has 0 radical (unpaired) electrons. The second-order valence-corrected chi connectivity index (χ2v) is 6.45. The Morgan fingerprint density at radius 2 is 1.79 bits per heavy atom. The maximum absolute atomic E-state index is 12.8. The lowest BCUT2D eigenvalue weighted by atomic mass is 10.2. The summed E-state index contributed by atoms with van der Waals surface area (Å²) in [5, 5.41) is 0.422. The van der Waals surface area contributed by atoms with Gasteiger partial charge in [0.15, 0.2) is 11.5 Å². The van der Waals surface area contributed by atoms with Crippen molar-refractivity contribution in [3.05, 3.63) is 64.7 Å². The minimum atomic E-state index is -0.218. The van der Waals surface area contributed by atoms with E-state index in [-0.39, 0.29) is 24.4 Å². The lowest BCUT2D eigenvalue weighted by Gasteiger charge is -2.17. The average Bonchev–Trinajstić information content (AvgIpc) is 2.72. The Hall–Kier alpha value is -3.35. The minimum absolute atomic E-state index is 0.0387. The van der Waals surface area contributed by atoms with E-state index in [2.05, 4.69) is 4.98 Å². The van der Waals surface area contributed by atoms with Crippen LogP contribution in [-0.2, 0) is 17.9 Å². The highest BCUT2D eigenvalue weighted by Crippen LogP contribution is 2.29. The van der Waals surface area contributed by atoms with Crippen LogP contribution < -0.4 is 15.0 Å². The van der Waals surface area contributed by atoms with Gasteiger partial charge in [-0.1, -0.05) is 30.3 Å². The number of aryl methyl sites for hydroxylation is 1. The summed E-state index contributed by atoms with van der Waals surface area (Å²) in [5.41, 5.74) is 1.36. The number of rotatable bonds is 7. The zero-order valence-electron chi connectivity index (χ0n) is 16.2. The summed E-state index contributed by atoms with van der Waals surface area (Å²) >= 11 is 0. The van der Waals surface area contributed by atoms with E-state index < -0.39 is 0 Å². The highest BCUT2D eigenvalue weighted by molar-refractivity contribution is 5.81. The van der Waals surface area contributed by atoms with Gasteiger partial charge in [0.1, 0.15) is 0 Å². The molecule has 7 nitrogen and oxygen atoms in total. The molecule has 0 aliphatic heterocycles. The number of ether oxygens (including phenoxy) is 2. The number of methoxy groups -OCH3 is 2. The van der Waals surface area contributed by atoms with Crippen molar-refractivity contribution in [1.29, 1.82) is 0 Å². The van der Waals surface area contributed by atoms with Gasteiger partial charge in [-0.25, -0.2) is 4.98 Å². The van der Waals surface area contributed by atoms with Crippen molar-refractivity contribution in [2.75, 3.05) is 21.3 Å². The topological polar surface area (TPSA) is 73.7 Å². The molecule has 0 saturated heterocycles. The van der Waals surface area contributed by atoms with Crippen molar-refractivity contribution in [3.8, 4) is 11.5 Å². The zero-order chi connectivity index (χ0) is 20.1. The van der Waals surface area contributed by atoms with Gasteiger partial charge in [-0.15, -0.1) is 0 Å². The van der Waals surface area contributed by atoms with Crippen LogP contribution in [0.15, 0.2) is 53.6 Å². The monoisotopic (exact) mass is 381 g/mol. The van der Waals surface area contributed by atoms with Crippen LogP contribution in [0.3, 0.4) is 0 Å². The van der Waals surface area contributed by atoms with Gasteiger partial charge in [0.25, 0.3) is 5.56 Å². The van der Waals surface area contributed by atoms with Crippen molar-refractivity contribution in [3.63, 3.8) is 0 Å². The number of fused-ring (bicyclic) bond motifs is 1. The van der Waals surface area contributed by atoms with E-state index in [1.54, 1.807) is 24.1 Å². The normalized spacial score (nSPS) is 10.7. The summed E-state index contributed by atoms with van der Waals surface area (Å²) in [6.07, 6.45) is 1.67. The SMILES string of the molecule is COc1cc2ncn(CCC(=O)N(C)Cc3ccccc3)c(=O)c2cc1OC. The maximum atomic E-state index is 12.8. The van der Waals surface area contributed by atoms with E-state index in [9.17, 15) is 9.59 Å². The second kappa shape index (κ2) is 8.56. The van der Waals surface area contributed by atoms with Crippen LogP contribution in [0.25, 0.3) is 10.9 Å². The molecule has 28 heavy (non-hydrogen) atoms. The van der Waals surface area contributed by atoms with Crippen molar-refractivity contribution in [2.24, 2.45) is 0 Å². The van der Waals surface area contributed by atoms with Crippen molar-refractivity contribution >= 4 is 16.8 Å². The van der Waals surface area contributed by atoms with Crippen LogP contribution in [0.5, 0.6) is 11.5 Å². The highest BCUT2D eigenvalue weighted by Gasteiger charge is 2.13. The molecule has 2 aromatic carbocycles. The molecule has 0 bridgehead atoms. The average molecular weight is 381 g/mol. The van der Waals surface area contributed by atoms with Crippen LogP contribution in [-0.4, -0.2) is 41.6 Å². The molecule has 3 aromatic rings. The van der Waals surface area contributed by atoms with Crippen molar-refractivity contribution < 1.29 is 14.3 Å². The molecule has 0 atom stereocenters. The van der Waals surface area contributed by atoms with E-state index in [0.29, 0.717) is 28.9 Å². The summed E-state index contributed by atoms with van der Waals surface area (Å²) in [6.45, 7) is 0.787. The molecular formula is C21H23N3O4. The fraction of sp³-hybridized carbons (Fsp3) is 0.286. The number of hydrogen-bond acceptors (Lipinski definition) is 5. The fourth-order valence-corrected chi connectivity index (χ4v) is 3.00. The molecule has 0 N–H and O–H groups in total. The van der Waals surface area contributed by atoms with Crippen molar-refractivity contribution in [1.82, 2.24) is 14.5 Å². The molecule has 0 spiro atoms. The molecule has 3 rings (SSSR count). The summed E-state index contributed by atoms with van der Waals surface area (Å²) in [5.74, 6) is 0.936. The molecule has 0 saturated carbocycles. The molecule has 1 aromatic heterocycles. The summed E-state index contributed by atoms with van der Waals surface area (Å²) in [4.78, 5) is 31.2. The van der Waals surface area contributed by atoms with Crippen LogP contribution in [0.2, 0.25) is 0 Å².